The molecule has 3 bridgehead atoms. The van der Waals surface area contributed by atoms with E-state index >= 15 is 0 Å². The second-order valence-corrected chi connectivity index (χ2v) is 11.5. The van der Waals surface area contributed by atoms with Gasteiger partial charge in [-0.3, -0.25) is 14.5 Å². The maximum atomic E-state index is 13.2. The molecule has 4 heterocycles. The number of nitrogens with zero attached hydrogens (tertiary/aromatic N) is 2. The number of rotatable bonds is 8. The minimum absolute atomic E-state index is 0.000124. The Hall–Kier alpha value is -3.80. The van der Waals surface area contributed by atoms with Crippen LogP contribution in [0, 0.1) is 12.3 Å². The lowest BCUT2D eigenvalue weighted by atomic mass is 9.74. The van der Waals surface area contributed by atoms with Crippen molar-refractivity contribution in [2.45, 2.75) is 64.5 Å². The molecule has 1 N–H and O–H groups in total. The molecule has 3 aliphatic rings. The number of benzene rings is 2. The number of fused-ring (bicyclic) bond motifs is 6. The maximum Gasteiger partial charge on any atom is 0.344 e. The Kier molecular flexibility index (Phi) is 7.50. The quantitative estimate of drug-likeness (QED) is 0.310. The number of piperidine rings is 1. The molecule has 2 aromatic carbocycles. The minimum Gasteiger partial charge on any atom is -0.437 e. The monoisotopic (exact) mass is 578 g/mol. The molecule has 0 radical (unpaired) electrons. The Morgan fingerprint density at radius 2 is 1.67 bits per heavy atom. The second kappa shape index (κ2) is 11.1. The van der Waals surface area contributed by atoms with Crippen molar-refractivity contribution in [1.82, 2.24) is 9.88 Å². The number of aryl methyl sites for hydroxylation is 2. The highest BCUT2D eigenvalue weighted by atomic mass is 16.6. The summed E-state index contributed by atoms with van der Waals surface area (Å²) in [6.07, 6.45) is 2.12. The van der Waals surface area contributed by atoms with Gasteiger partial charge in [-0.1, -0.05) is 30.3 Å². The zero-order chi connectivity index (χ0) is 29.5. The summed E-state index contributed by atoms with van der Waals surface area (Å²) in [5.74, 6) is -2.84. The molecule has 0 amide bonds. The van der Waals surface area contributed by atoms with Gasteiger partial charge in [0.25, 0.3) is 0 Å². The third-order valence-corrected chi connectivity index (χ3v) is 8.49. The highest BCUT2D eigenvalue weighted by molar-refractivity contribution is 6.00. The molecule has 0 saturated carbocycles. The van der Waals surface area contributed by atoms with E-state index in [2.05, 4.69) is 34.1 Å². The van der Waals surface area contributed by atoms with Crippen molar-refractivity contribution < 1.29 is 42.9 Å². The lowest BCUT2D eigenvalue weighted by Gasteiger charge is -2.42. The zero-order valence-corrected chi connectivity index (χ0v) is 23.8. The van der Waals surface area contributed by atoms with E-state index in [1.165, 1.54) is 5.56 Å². The highest BCUT2D eigenvalue weighted by Crippen LogP contribution is 2.50. The number of aliphatic hydroxyl groups is 1. The molecule has 3 aliphatic heterocycles. The molecule has 0 spiro atoms. The second-order valence-electron chi connectivity index (χ2n) is 11.5. The fraction of sp³-hybridized carbons (Fsp3) is 0.484. The molecule has 0 aliphatic carbocycles. The first kappa shape index (κ1) is 28.3. The van der Waals surface area contributed by atoms with E-state index in [9.17, 15) is 19.5 Å². The number of likely N-dealkylation sites (tertiary alicyclic amines) is 1. The van der Waals surface area contributed by atoms with Gasteiger partial charge in [-0.2, -0.15) is 0 Å². The topological polar surface area (TPSA) is 138 Å². The van der Waals surface area contributed by atoms with Crippen LogP contribution in [0.25, 0.3) is 11.1 Å². The standard InChI is InChI=1S/C31H34N2O9/c1-3-38-18-30(10-9-20-7-5-4-6-8-20)11-13-33(14-12-30)17-21-25-27-24(32-19(2)39-27)28-26(21)42-29(36)31(37,15-22(34)40-25)16-23(35)41-28/h4-8,37H,3,9-18H2,1-2H3. The molecule has 1 aromatic heterocycles. The van der Waals surface area contributed by atoms with Crippen molar-refractivity contribution >= 4 is 29.0 Å². The van der Waals surface area contributed by atoms with E-state index in [1.807, 2.05) is 13.0 Å². The Labute approximate surface area is 242 Å². The first-order chi connectivity index (χ1) is 20.2. The Morgan fingerprint density at radius 1 is 0.976 bits per heavy atom. The molecule has 42 heavy (non-hydrogen) atoms. The van der Waals surface area contributed by atoms with Crippen LogP contribution in [0.15, 0.2) is 34.7 Å². The minimum atomic E-state index is -2.43. The maximum absolute atomic E-state index is 13.2. The smallest absolute Gasteiger partial charge is 0.344 e. The van der Waals surface area contributed by atoms with E-state index < -0.39 is 36.4 Å². The molecule has 1 unspecified atom stereocenters. The number of ether oxygens (including phenoxy) is 4. The summed E-state index contributed by atoms with van der Waals surface area (Å²) in [5, 5.41) is 11.0. The molecule has 11 heteroatoms. The fourth-order valence-electron chi connectivity index (χ4n) is 6.09. The molecule has 222 valence electrons. The van der Waals surface area contributed by atoms with Crippen molar-refractivity contribution in [2.75, 3.05) is 26.3 Å². The number of carbonyl (C=O) groups is 3. The Morgan fingerprint density at radius 3 is 2.36 bits per heavy atom. The summed E-state index contributed by atoms with van der Waals surface area (Å²) in [6.45, 7) is 6.54. The summed E-state index contributed by atoms with van der Waals surface area (Å²) < 4.78 is 28.8. The molecular weight excluding hydrogens is 544 g/mol. The van der Waals surface area contributed by atoms with Crippen LogP contribution in [0.4, 0.5) is 0 Å². The van der Waals surface area contributed by atoms with E-state index in [1.54, 1.807) is 6.92 Å². The van der Waals surface area contributed by atoms with Gasteiger partial charge >= 0.3 is 17.9 Å². The number of hydrogen-bond acceptors (Lipinski definition) is 11. The molecule has 1 saturated heterocycles. The average molecular weight is 579 g/mol. The van der Waals surface area contributed by atoms with Crippen molar-refractivity contribution in [2.24, 2.45) is 5.41 Å². The van der Waals surface area contributed by atoms with Gasteiger partial charge in [-0.15, -0.1) is 0 Å². The number of esters is 3. The molecule has 6 rings (SSSR count). The van der Waals surface area contributed by atoms with E-state index in [0.717, 1.165) is 25.7 Å². The van der Waals surface area contributed by atoms with Crippen molar-refractivity contribution in [3.63, 3.8) is 0 Å². The highest BCUT2D eigenvalue weighted by Gasteiger charge is 2.49. The number of oxazole rings is 1. The number of aromatic nitrogens is 1. The Balaban J connectivity index is 1.33. The predicted molar refractivity (Wildman–Crippen MR) is 148 cm³/mol. The number of carbonyl (C=O) groups excluding carboxylic acids is 3. The van der Waals surface area contributed by atoms with Crippen LogP contribution < -0.4 is 14.2 Å². The Bertz CT molecular complexity index is 1520. The predicted octanol–water partition coefficient (Wildman–Crippen LogP) is 3.64. The zero-order valence-electron chi connectivity index (χ0n) is 23.8. The number of hydrogen-bond donors (Lipinski definition) is 1. The van der Waals surface area contributed by atoms with Crippen LogP contribution in [-0.4, -0.2) is 64.8 Å². The van der Waals surface area contributed by atoms with Gasteiger partial charge in [0, 0.05) is 20.1 Å². The van der Waals surface area contributed by atoms with Crippen LogP contribution in [-0.2, 0) is 32.1 Å². The van der Waals surface area contributed by atoms with Crippen LogP contribution in [0.2, 0.25) is 0 Å². The average Bonchev–Trinajstić information content (AvgIpc) is 3.36. The first-order valence-corrected chi connectivity index (χ1v) is 14.3. The normalized spacial score (nSPS) is 22.1. The van der Waals surface area contributed by atoms with E-state index in [-0.39, 0.29) is 46.2 Å². The van der Waals surface area contributed by atoms with Crippen LogP contribution in [0.1, 0.15) is 56.0 Å². The van der Waals surface area contributed by atoms with E-state index in [4.69, 9.17) is 23.4 Å². The molecule has 3 aromatic rings. The van der Waals surface area contributed by atoms with Crippen molar-refractivity contribution in [3.8, 4) is 17.2 Å². The van der Waals surface area contributed by atoms with Crippen LogP contribution in [0.3, 0.4) is 0 Å². The summed E-state index contributed by atoms with van der Waals surface area (Å²) in [6, 6.07) is 10.4. The lowest BCUT2D eigenvalue weighted by Crippen LogP contribution is -2.47. The summed E-state index contributed by atoms with van der Waals surface area (Å²) in [5.41, 5.74) is -0.619. The third kappa shape index (κ3) is 5.39. The lowest BCUT2D eigenvalue weighted by molar-refractivity contribution is -0.168. The largest absolute Gasteiger partial charge is 0.437 e. The summed E-state index contributed by atoms with van der Waals surface area (Å²) in [4.78, 5) is 45.5. The molecular formula is C31H34N2O9. The molecule has 11 nitrogen and oxygen atoms in total. The van der Waals surface area contributed by atoms with Crippen LogP contribution in [0.5, 0.6) is 17.2 Å². The van der Waals surface area contributed by atoms with Gasteiger partial charge in [-0.25, -0.2) is 9.78 Å². The first-order valence-electron chi connectivity index (χ1n) is 14.3. The summed E-state index contributed by atoms with van der Waals surface area (Å²) in [7, 11) is 0. The van der Waals surface area contributed by atoms with Crippen molar-refractivity contribution in [1.29, 1.82) is 0 Å². The summed E-state index contributed by atoms with van der Waals surface area (Å²) >= 11 is 0. The van der Waals surface area contributed by atoms with Gasteiger partial charge in [0.1, 0.15) is 0 Å². The molecule has 1 atom stereocenters. The fourth-order valence-corrected chi connectivity index (χ4v) is 6.09. The van der Waals surface area contributed by atoms with Crippen molar-refractivity contribution in [3.05, 3.63) is 47.3 Å². The van der Waals surface area contributed by atoms with Gasteiger partial charge in [0.2, 0.25) is 11.3 Å². The van der Waals surface area contributed by atoms with E-state index in [0.29, 0.717) is 31.9 Å². The van der Waals surface area contributed by atoms with Gasteiger partial charge in [0.15, 0.2) is 28.5 Å². The van der Waals surface area contributed by atoms with Crippen LogP contribution >= 0.6 is 0 Å². The van der Waals surface area contributed by atoms with Gasteiger partial charge in [-0.05, 0) is 56.7 Å². The molecule has 1 fully saturated rings. The van der Waals surface area contributed by atoms with Gasteiger partial charge in [0.05, 0.1) is 25.0 Å². The van der Waals surface area contributed by atoms with Gasteiger partial charge < -0.3 is 28.5 Å². The SMILES string of the molecule is CCOCC1(CCc2ccccc2)CCN(Cc2c3c4c5nc(C)oc5c2OC(=O)CC(O)(CC(=O)O4)C(=O)O3)CC1. The third-order valence-electron chi connectivity index (χ3n) is 8.49.